The average Bonchev–Trinajstić information content (AvgIpc) is 2.94. The van der Waals surface area contributed by atoms with Crippen LogP contribution in [0.2, 0.25) is 0 Å². The fraction of sp³-hybridized carbons (Fsp3) is 0.370. The Hall–Kier alpha value is -3.85. The van der Waals surface area contributed by atoms with Crippen molar-refractivity contribution in [1.82, 2.24) is 14.9 Å². The maximum Gasteiger partial charge on any atom is 0.318 e. The van der Waals surface area contributed by atoms with Crippen LogP contribution in [0.15, 0.2) is 49.1 Å². The number of carbonyl (C=O) groups is 1. The van der Waals surface area contributed by atoms with Crippen LogP contribution in [-0.4, -0.2) is 74.5 Å². The minimum Gasteiger partial charge on any atom is -0.467 e. The van der Waals surface area contributed by atoms with E-state index in [0.717, 1.165) is 52.3 Å². The summed E-state index contributed by atoms with van der Waals surface area (Å²) < 4.78 is 16.4. The van der Waals surface area contributed by atoms with Gasteiger partial charge in [0.05, 0.1) is 19.3 Å². The number of hydrogen-bond donors (Lipinski definition) is 0. The van der Waals surface area contributed by atoms with Crippen molar-refractivity contribution >= 4 is 28.2 Å². The number of hydrogen-bond acceptors (Lipinski definition) is 8. The lowest BCUT2D eigenvalue weighted by Gasteiger charge is -2.38. The van der Waals surface area contributed by atoms with E-state index in [9.17, 15) is 4.79 Å². The molecule has 1 aromatic heterocycles. The van der Waals surface area contributed by atoms with Crippen molar-refractivity contribution in [3.8, 4) is 11.8 Å². The highest BCUT2D eigenvalue weighted by Crippen LogP contribution is 2.36. The number of methoxy groups -OCH3 is 2. The Morgan fingerprint density at radius 1 is 1.06 bits per heavy atom. The van der Waals surface area contributed by atoms with E-state index in [0.29, 0.717) is 38.7 Å². The van der Waals surface area contributed by atoms with Gasteiger partial charge in [0.1, 0.15) is 11.6 Å². The third-order valence-corrected chi connectivity index (χ3v) is 6.77. The highest BCUT2D eigenvalue weighted by molar-refractivity contribution is 5.96. The highest BCUT2D eigenvalue weighted by Gasteiger charge is 2.29. The summed E-state index contributed by atoms with van der Waals surface area (Å²) in [6.07, 6.45) is 2.18. The number of benzene rings is 2. The normalized spacial score (nSPS) is 15.6. The predicted molar refractivity (Wildman–Crippen MR) is 139 cm³/mol. The van der Waals surface area contributed by atoms with Crippen LogP contribution in [0.5, 0.6) is 11.8 Å². The number of aromatic nitrogens is 2. The quantitative estimate of drug-likeness (QED) is 0.370. The molecule has 3 heterocycles. The molecule has 0 N–H and O–H groups in total. The van der Waals surface area contributed by atoms with Gasteiger partial charge < -0.3 is 28.9 Å². The fourth-order valence-electron chi connectivity index (χ4n) is 4.95. The van der Waals surface area contributed by atoms with Gasteiger partial charge in [-0.25, -0.2) is 0 Å². The van der Waals surface area contributed by atoms with Gasteiger partial charge >= 0.3 is 6.01 Å². The molecule has 0 saturated carbocycles. The average molecular weight is 490 g/mol. The first kappa shape index (κ1) is 23.9. The summed E-state index contributed by atoms with van der Waals surface area (Å²) in [6, 6.07) is 12.8. The summed E-state index contributed by atoms with van der Waals surface area (Å²) in [5.74, 6) is 1.64. The van der Waals surface area contributed by atoms with E-state index in [1.165, 1.54) is 6.08 Å². The van der Waals surface area contributed by atoms with Crippen molar-refractivity contribution in [3.63, 3.8) is 0 Å². The molecule has 9 heteroatoms. The molecule has 36 heavy (non-hydrogen) atoms. The number of anilines is 2. The molecule has 0 unspecified atom stereocenters. The van der Waals surface area contributed by atoms with Gasteiger partial charge in [-0.05, 0) is 23.9 Å². The van der Waals surface area contributed by atoms with Crippen molar-refractivity contribution < 1.29 is 19.0 Å². The van der Waals surface area contributed by atoms with Crippen LogP contribution in [0.4, 0.5) is 11.5 Å². The summed E-state index contributed by atoms with van der Waals surface area (Å²) in [5.41, 5.74) is 3.20. The maximum atomic E-state index is 12.0. The zero-order valence-electron chi connectivity index (χ0n) is 20.8. The maximum absolute atomic E-state index is 12.0. The molecule has 0 aliphatic carbocycles. The number of carbonyl (C=O) groups excluding carboxylic acids is 1. The van der Waals surface area contributed by atoms with Crippen molar-refractivity contribution in [1.29, 1.82) is 0 Å². The van der Waals surface area contributed by atoms with Gasteiger partial charge in [0.25, 0.3) is 0 Å². The number of piperazine rings is 1. The Bertz CT molecular complexity index is 1270. The molecule has 2 aromatic carbocycles. The van der Waals surface area contributed by atoms with E-state index >= 15 is 0 Å². The zero-order chi connectivity index (χ0) is 25.1. The van der Waals surface area contributed by atoms with Crippen LogP contribution in [0.1, 0.15) is 11.3 Å². The molecule has 3 aromatic rings. The second kappa shape index (κ2) is 10.4. The summed E-state index contributed by atoms with van der Waals surface area (Å²) in [6.45, 7) is 7.94. The summed E-state index contributed by atoms with van der Waals surface area (Å²) >= 11 is 0. The first-order chi connectivity index (χ1) is 17.6. The smallest absolute Gasteiger partial charge is 0.318 e. The largest absolute Gasteiger partial charge is 0.467 e. The topological polar surface area (TPSA) is 80.3 Å². The molecule has 0 radical (unpaired) electrons. The van der Waals surface area contributed by atoms with Crippen molar-refractivity contribution in [2.75, 3.05) is 63.5 Å². The summed E-state index contributed by atoms with van der Waals surface area (Å²) in [7, 11) is 3.21. The molecule has 2 aliphatic rings. The first-order valence-corrected chi connectivity index (χ1v) is 12.1. The highest BCUT2D eigenvalue weighted by atomic mass is 16.7. The van der Waals surface area contributed by atoms with Crippen LogP contribution in [-0.2, 0) is 22.5 Å². The Morgan fingerprint density at radius 3 is 2.61 bits per heavy atom. The number of ether oxygens (including phenoxy) is 3. The minimum absolute atomic E-state index is 0.0310. The first-order valence-electron chi connectivity index (χ1n) is 12.1. The van der Waals surface area contributed by atoms with Gasteiger partial charge in [-0.3, -0.25) is 4.79 Å². The molecular formula is C27H31N5O4. The van der Waals surface area contributed by atoms with Gasteiger partial charge in [-0.15, -0.1) is 0 Å². The summed E-state index contributed by atoms with van der Waals surface area (Å²) in [5, 5.41) is 2.27. The second-order valence-corrected chi connectivity index (χ2v) is 8.86. The van der Waals surface area contributed by atoms with Gasteiger partial charge in [0.2, 0.25) is 5.91 Å². The summed E-state index contributed by atoms with van der Waals surface area (Å²) in [4.78, 5) is 27.9. The number of amides is 1. The van der Waals surface area contributed by atoms with E-state index in [-0.39, 0.29) is 12.7 Å². The molecule has 1 amide bonds. The van der Waals surface area contributed by atoms with Crippen LogP contribution >= 0.6 is 0 Å². The van der Waals surface area contributed by atoms with Crippen molar-refractivity contribution in [3.05, 3.63) is 60.3 Å². The van der Waals surface area contributed by atoms with Crippen LogP contribution < -0.4 is 19.3 Å². The fourth-order valence-corrected chi connectivity index (χ4v) is 4.95. The van der Waals surface area contributed by atoms with E-state index in [1.807, 2.05) is 17.0 Å². The van der Waals surface area contributed by atoms with Crippen molar-refractivity contribution in [2.45, 2.75) is 13.0 Å². The lowest BCUT2D eigenvalue weighted by atomic mass is 10.0. The predicted octanol–water partition coefficient (Wildman–Crippen LogP) is 3.02. The van der Waals surface area contributed by atoms with E-state index in [4.69, 9.17) is 24.2 Å². The molecule has 1 fully saturated rings. The van der Waals surface area contributed by atoms with Gasteiger partial charge in [-0.2, -0.15) is 9.97 Å². The van der Waals surface area contributed by atoms with Crippen LogP contribution in [0.3, 0.4) is 0 Å². The number of nitrogens with zero attached hydrogens (tertiary/aromatic N) is 5. The van der Waals surface area contributed by atoms with Gasteiger partial charge in [0, 0.05) is 62.5 Å². The molecule has 1 saturated heterocycles. The lowest BCUT2D eigenvalue weighted by molar-refractivity contribution is -0.126. The number of fused-ring (bicyclic) bond motifs is 2. The Morgan fingerprint density at radius 2 is 1.86 bits per heavy atom. The Balaban J connectivity index is 1.45. The molecular weight excluding hydrogens is 458 g/mol. The Kier molecular flexibility index (Phi) is 6.90. The van der Waals surface area contributed by atoms with Crippen LogP contribution in [0.25, 0.3) is 10.8 Å². The standard InChI is InChI=1S/C27H31N5O4/c1-4-25(33)30-11-13-31(14-12-30)26-22-9-10-32(17-23(22)28-27(29-26)35-3)24-16-20(36-18-34-2)15-19-7-5-6-8-21(19)24/h4-8,15-16H,1,9-14,17-18H2,2-3H3. The number of rotatable bonds is 7. The van der Waals surface area contributed by atoms with E-state index in [1.54, 1.807) is 14.2 Å². The minimum atomic E-state index is -0.0310. The van der Waals surface area contributed by atoms with E-state index < -0.39 is 0 Å². The lowest BCUT2D eigenvalue weighted by Crippen LogP contribution is -2.49. The zero-order valence-corrected chi connectivity index (χ0v) is 20.8. The van der Waals surface area contributed by atoms with Crippen molar-refractivity contribution in [2.24, 2.45) is 0 Å². The molecule has 0 bridgehead atoms. The Labute approximate surface area is 210 Å². The van der Waals surface area contributed by atoms with Crippen LogP contribution in [0, 0.1) is 0 Å². The molecule has 0 atom stereocenters. The molecule has 0 spiro atoms. The molecule has 188 valence electrons. The monoisotopic (exact) mass is 489 g/mol. The molecule has 2 aliphatic heterocycles. The van der Waals surface area contributed by atoms with E-state index in [2.05, 4.69) is 40.6 Å². The molecule has 9 nitrogen and oxygen atoms in total. The second-order valence-electron chi connectivity index (χ2n) is 8.86. The van der Waals surface area contributed by atoms with Gasteiger partial charge in [-0.1, -0.05) is 30.8 Å². The molecule has 5 rings (SSSR count). The van der Waals surface area contributed by atoms with Gasteiger partial charge in [0.15, 0.2) is 6.79 Å². The third-order valence-electron chi connectivity index (χ3n) is 6.77. The SMILES string of the molecule is C=CC(=O)N1CCN(c2nc(OC)nc3c2CCN(c2cc(OCOC)cc4ccccc24)C3)CC1. The third kappa shape index (κ3) is 4.66.